The zero-order valence-corrected chi connectivity index (χ0v) is 16.2. The zero-order chi connectivity index (χ0) is 19.5. The Morgan fingerprint density at radius 1 is 1.00 bits per heavy atom. The van der Waals surface area contributed by atoms with Crippen molar-refractivity contribution in [1.29, 1.82) is 0 Å². The number of nitrogens with one attached hydrogen (secondary N) is 3. The van der Waals surface area contributed by atoms with Gasteiger partial charge in [0.1, 0.15) is 0 Å². The van der Waals surface area contributed by atoms with Crippen LogP contribution in [0.2, 0.25) is 5.02 Å². The number of carbonyl (C=O) groups excluding carboxylic acids is 2. The topological polar surface area (TPSA) is 83.1 Å². The molecule has 3 N–H and O–H groups in total. The summed E-state index contributed by atoms with van der Waals surface area (Å²) in [6, 6.07) is 10.8. The van der Waals surface area contributed by atoms with Crippen LogP contribution in [0, 0.1) is 6.92 Å². The van der Waals surface area contributed by atoms with Gasteiger partial charge in [0, 0.05) is 30.2 Å². The van der Waals surface area contributed by atoms with Crippen LogP contribution in [-0.4, -0.2) is 23.5 Å². The number of benzene rings is 1. The van der Waals surface area contributed by atoms with Crippen LogP contribution in [0.4, 0.5) is 10.5 Å². The quantitative estimate of drug-likeness (QED) is 0.567. The smallest absolute Gasteiger partial charge is 0.315 e. The van der Waals surface area contributed by atoms with E-state index in [0.717, 1.165) is 30.5 Å². The maximum Gasteiger partial charge on any atom is 0.315 e. The minimum absolute atomic E-state index is 0.0191. The van der Waals surface area contributed by atoms with E-state index in [-0.39, 0.29) is 11.9 Å². The Balaban J connectivity index is 1.50. The van der Waals surface area contributed by atoms with Crippen molar-refractivity contribution in [3.8, 4) is 0 Å². The van der Waals surface area contributed by atoms with Crippen molar-refractivity contribution in [2.75, 3.05) is 11.9 Å². The molecule has 0 unspecified atom stereocenters. The molecular weight excluding hydrogens is 364 g/mol. The van der Waals surface area contributed by atoms with Crippen LogP contribution in [0.1, 0.15) is 36.9 Å². The predicted molar refractivity (Wildman–Crippen MR) is 108 cm³/mol. The highest BCUT2D eigenvalue weighted by Gasteiger charge is 2.03. The normalized spacial score (nSPS) is 10.3. The van der Waals surface area contributed by atoms with Crippen LogP contribution in [0.25, 0.3) is 0 Å². The molecule has 0 saturated heterocycles. The average molecular weight is 389 g/mol. The molecule has 0 spiro atoms. The van der Waals surface area contributed by atoms with Gasteiger partial charge in [-0.3, -0.25) is 9.78 Å². The number of hydrogen-bond donors (Lipinski definition) is 3. The number of anilines is 1. The van der Waals surface area contributed by atoms with Gasteiger partial charge in [0.2, 0.25) is 5.91 Å². The third-order valence-electron chi connectivity index (χ3n) is 3.93. The zero-order valence-electron chi connectivity index (χ0n) is 15.4. The summed E-state index contributed by atoms with van der Waals surface area (Å²) in [5, 5.41) is 9.11. The minimum atomic E-state index is -0.199. The maximum atomic E-state index is 11.9. The maximum absolute atomic E-state index is 11.9. The fourth-order valence-corrected chi connectivity index (χ4v) is 2.53. The molecule has 0 aliphatic heterocycles. The molecule has 0 fully saturated rings. The van der Waals surface area contributed by atoms with E-state index in [1.807, 2.05) is 31.2 Å². The highest BCUT2D eigenvalue weighted by molar-refractivity contribution is 6.30. The predicted octanol–water partition coefficient (Wildman–Crippen LogP) is 4.04. The number of rotatable bonds is 9. The lowest BCUT2D eigenvalue weighted by molar-refractivity contribution is -0.116. The first kappa shape index (κ1) is 20.7. The number of carbonyl (C=O) groups is 2. The van der Waals surface area contributed by atoms with Gasteiger partial charge in [-0.1, -0.05) is 30.2 Å². The van der Waals surface area contributed by atoms with Gasteiger partial charge in [0.05, 0.1) is 11.9 Å². The van der Waals surface area contributed by atoms with Gasteiger partial charge in [-0.05, 0) is 49.6 Å². The first-order valence-electron chi connectivity index (χ1n) is 9.01. The third-order valence-corrected chi connectivity index (χ3v) is 4.18. The third kappa shape index (κ3) is 8.55. The Morgan fingerprint density at radius 2 is 1.78 bits per heavy atom. The second kappa shape index (κ2) is 11.2. The van der Waals surface area contributed by atoms with Gasteiger partial charge in [-0.25, -0.2) is 4.79 Å². The van der Waals surface area contributed by atoms with Gasteiger partial charge in [0.25, 0.3) is 0 Å². The van der Waals surface area contributed by atoms with E-state index in [1.54, 1.807) is 18.3 Å². The molecule has 7 heteroatoms. The second-order valence-electron chi connectivity index (χ2n) is 6.28. The summed E-state index contributed by atoms with van der Waals surface area (Å²) in [7, 11) is 0. The van der Waals surface area contributed by atoms with E-state index < -0.39 is 0 Å². The van der Waals surface area contributed by atoms with Gasteiger partial charge in [-0.2, -0.15) is 0 Å². The molecule has 2 rings (SSSR count). The standard InChI is InChI=1S/C20H25ClN4O2/c1-15-6-11-18(14-23-15)25-19(26)5-3-2-4-12-22-20(27)24-13-16-7-9-17(21)10-8-16/h6-11,14H,2-5,12-13H2,1H3,(H,25,26)(H2,22,24,27). The summed E-state index contributed by atoms with van der Waals surface area (Å²) < 4.78 is 0. The first-order chi connectivity index (χ1) is 13.0. The Hall–Kier alpha value is -2.60. The molecule has 1 aromatic heterocycles. The Kier molecular flexibility index (Phi) is 8.58. The summed E-state index contributed by atoms with van der Waals surface area (Å²) in [5.74, 6) is -0.0191. The number of pyridine rings is 1. The number of hydrogen-bond acceptors (Lipinski definition) is 3. The van der Waals surface area contributed by atoms with Crippen molar-refractivity contribution in [2.24, 2.45) is 0 Å². The first-order valence-corrected chi connectivity index (χ1v) is 9.39. The number of urea groups is 1. The van der Waals surface area contributed by atoms with Crippen molar-refractivity contribution in [1.82, 2.24) is 15.6 Å². The van der Waals surface area contributed by atoms with Crippen LogP contribution in [-0.2, 0) is 11.3 Å². The van der Waals surface area contributed by atoms with E-state index in [2.05, 4.69) is 20.9 Å². The van der Waals surface area contributed by atoms with E-state index in [4.69, 9.17) is 11.6 Å². The van der Waals surface area contributed by atoms with E-state index in [9.17, 15) is 9.59 Å². The number of aromatic nitrogens is 1. The fraction of sp³-hybridized carbons (Fsp3) is 0.350. The number of aryl methyl sites for hydroxylation is 1. The molecule has 0 atom stereocenters. The summed E-state index contributed by atoms with van der Waals surface area (Å²) in [6.45, 7) is 2.94. The van der Waals surface area contributed by atoms with Crippen molar-refractivity contribution < 1.29 is 9.59 Å². The molecule has 0 aliphatic carbocycles. The van der Waals surface area contributed by atoms with Crippen LogP contribution in [0.15, 0.2) is 42.6 Å². The summed E-state index contributed by atoms with van der Waals surface area (Å²) in [6.07, 6.45) is 4.58. The number of amides is 3. The lowest BCUT2D eigenvalue weighted by atomic mass is 10.2. The Morgan fingerprint density at radius 3 is 2.48 bits per heavy atom. The molecular formula is C20H25ClN4O2. The number of nitrogens with zero attached hydrogens (tertiary/aromatic N) is 1. The fourth-order valence-electron chi connectivity index (χ4n) is 2.40. The Labute approximate surface area is 164 Å². The molecule has 27 heavy (non-hydrogen) atoms. The Bertz CT molecular complexity index is 733. The van der Waals surface area contributed by atoms with Crippen molar-refractivity contribution in [3.63, 3.8) is 0 Å². The van der Waals surface area contributed by atoms with Crippen LogP contribution in [0.3, 0.4) is 0 Å². The van der Waals surface area contributed by atoms with Gasteiger partial charge in [0.15, 0.2) is 0 Å². The highest BCUT2D eigenvalue weighted by atomic mass is 35.5. The second-order valence-corrected chi connectivity index (χ2v) is 6.72. The van der Waals surface area contributed by atoms with E-state index >= 15 is 0 Å². The van der Waals surface area contributed by atoms with Crippen molar-refractivity contribution in [2.45, 2.75) is 39.2 Å². The van der Waals surface area contributed by atoms with Crippen LogP contribution in [0.5, 0.6) is 0 Å². The minimum Gasteiger partial charge on any atom is -0.338 e. The van der Waals surface area contributed by atoms with Crippen molar-refractivity contribution >= 4 is 29.2 Å². The molecule has 0 saturated carbocycles. The summed E-state index contributed by atoms with van der Waals surface area (Å²) >= 11 is 5.82. The van der Waals surface area contributed by atoms with Crippen LogP contribution >= 0.6 is 11.6 Å². The van der Waals surface area contributed by atoms with Crippen LogP contribution < -0.4 is 16.0 Å². The monoisotopic (exact) mass is 388 g/mol. The summed E-state index contributed by atoms with van der Waals surface area (Å²) in [5.41, 5.74) is 2.62. The molecule has 0 aliphatic rings. The SMILES string of the molecule is Cc1ccc(NC(=O)CCCCCNC(=O)NCc2ccc(Cl)cc2)cn1. The largest absolute Gasteiger partial charge is 0.338 e. The molecule has 1 heterocycles. The van der Waals surface area contributed by atoms with Crippen molar-refractivity contribution in [3.05, 3.63) is 58.9 Å². The molecule has 2 aromatic rings. The molecule has 1 aromatic carbocycles. The molecule has 0 bridgehead atoms. The lowest BCUT2D eigenvalue weighted by Crippen LogP contribution is -2.35. The number of halogens is 1. The molecule has 0 radical (unpaired) electrons. The summed E-state index contributed by atoms with van der Waals surface area (Å²) in [4.78, 5) is 27.7. The average Bonchev–Trinajstić information content (AvgIpc) is 2.66. The highest BCUT2D eigenvalue weighted by Crippen LogP contribution is 2.09. The van der Waals surface area contributed by atoms with Gasteiger partial charge >= 0.3 is 6.03 Å². The van der Waals surface area contributed by atoms with Gasteiger partial charge in [-0.15, -0.1) is 0 Å². The van der Waals surface area contributed by atoms with Gasteiger partial charge < -0.3 is 16.0 Å². The molecule has 3 amide bonds. The molecule has 144 valence electrons. The lowest BCUT2D eigenvalue weighted by Gasteiger charge is -2.08. The molecule has 6 nitrogen and oxygen atoms in total. The number of unbranched alkanes of at least 4 members (excludes halogenated alkanes) is 2. The van der Waals surface area contributed by atoms with E-state index in [1.165, 1.54) is 0 Å². The van der Waals surface area contributed by atoms with E-state index in [0.29, 0.717) is 30.2 Å².